The molecule has 1 aromatic heterocycles. The van der Waals surface area contributed by atoms with E-state index in [2.05, 4.69) is 15.7 Å². The highest BCUT2D eigenvalue weighted by molar-refractivity contribution is 6.02. The summed E-state index contributed by atoms with van der Waals surface area (Å²) in [5, 5.41) is 8.94. The Morgan fingerprint density at radius 2 is 1.73 bits per heavy atom. The largest absolute Gasteiger partial charge is 0.452 e. The van der Waals surface area contributed by atoms with Crippen molar-refractivity contribution in [3.63, 3.8) is 0 Å². The van der Waals surface area contributed by atoms with Crippen LogP contribution in [0.2, 0.25) is 0 Å². The van der Waals surface area contributed by atoms with Gasteiger partial charge in [0.05, 0.1) is 17.6 Å². The summed E-state index contributed by atoms with van der Waals surface area (Å²) in [7, 11) is 0. The van der Waals surface area contributed by atoms with E-state index < -0.39 is 24.5 Å². The molecule has 3 aromatic rings. The molecule has 0 atom stereocenters. The average molecular weight is 406 g/mol. The minimum Gasteiger partial charge on any atom is -0.452 e. The number of nitrogens with one attached hydrogen (secondary N) is 2. The van der Waals surface area contributed by atoms with Crippen LogP contribution in [0, 0.1) is 20.8 Å². The number of nitrogens with zero attached hydrogens (tertiary/aromatic N) is 2. The summed E-state index contributed by atoms with van der Waals surface area (Å²) in [6, 6.07) is 14.1. The van der Waals surface area contributed by atoms with Crippen LogP contribution in [0.15, 0.2) is 54.7 Å². The highest BCUT2D eigenvalue weighted by Crippen LogP contribution is 2.18. The molecule has 0 fully saturated rings. The fraction of sp³-hybridized carbons (Fsp3) is 0.182. The number of esters is 1. The van der Waals surface area contributed by atoms with Crippen molar-refractivity contribution in [2.75, 3.05) is 11.9 Å². The molecule has 2 N–H and O–H groups in total. The van der Waals surface area contributed by atoms with Gasteiger partial charge in [-0.1, -0.05) is 30.3 Å². The molecule has 0 aliphatic rings. The molecule has 1 heterocycles. The zero-order valence-electron chi connectivity index (χ0n) is 16.9. The van der Waals surface area contributed by atoms with Crippen molar-refractivity contribution in [1.82, 2.24) is 15.1 Å². The van der Waals surface area contributed by atoms with Gasteiger partial charge in [-0.15, -0.1) is 0 Å². The van der Waals surface area contributed by atoms with Crippen molar-refractivity contribution in [3.8, 4) is 5.69 Å². The maximum atomic E-state index is 12.3. The van der Waals surface area contributed by atoms with Crippen LogP contribution in [0.5, 0.6) is 0 Å². The zero-order chi connectivity index (χ0) is 21.7. The average Bonchev–Trinajstić information content (AvgIpc) is 3.11. The molecule has 154 valence electrons. The Balaban J connectivity index is 1.55. The number of anilines is 1. The van der Waals surface area contributed by atoms with Crippen LogP contribution in [0.3, 0.4) is 0 Å². The second kappa shape index (κ2) is 9.04. The van der Waals surface area contributed by atoms with Crippen LogP contribution in [-0.4, -0.2) is 34.3 Å². The van der Waals surface area contributed by atoms with Gasteiger partial charge in [-0.05, 0) is 50.1 Å². The molecule has 0 unspecified atom stereocenters. The Labute approximate surface area is 173 Å². The normalized spacial score (nSPS) is 10.4. The molecule has 30 heavy (non-hydrogen) atoms. The molecule has 8 nitrogen and oxygen atoms in total. The summed E-state index contributed by atoms with van der Waals surface area (Å²) >= 11 is 0. The van der Waals surface area contributed by atoms with E-state index in [1.54, 1.807) is 23.7 Å². The molecule has 8 heteroatoms. The second-order valence-electron chi connectivity index (χ2n) is 6.72. The molecular formula is C22H22N4O4. The van der Waals surface area contributed by atoms with Gasteiger partial charge in [0.1, 0.15) is 5.56 Å². The minimum absolute atomic E-state index is 0.242. The van der Waals surface area contributed by atoms with Crippen molar-refractivity contribution in [2.24, 2.45) is 0 Å². The Morgan fingerprint density at radius 1 is 1.00 bits per heavy atom. The topological polar surface area (TPSA) is 102 Å². The van der Waals surface area contributed by atoms with Gasteiger partial charge in [-0.2, -0.15) is 5.10 Å². The van der Waals surface area contributed by atoms with Gasteiger partial charge in [-0.3, -0.25) is 10.1 Å². The van der Waals surface area contributed by atoms with Gasteiger partial charge >= 0.3 is 12.0 Å². The lowest BCUT2D eigenvalue weighted by atomic mass is 10.1. The molecule has 3 rings (SSSR count). The lowest BCUT2D eigenvalue weighted by Gasteiger charge is -2.11. The monoisotopic (exact) mass is 406 g/mol. The second-order valence-corrected chi connectivity index (χ2v) is 6.72. The van der Waals surface area contributed by atoms with Crippen LogP contribution < -0.4 is 10.6 Å². The number of imide groups is 1. The molecule has 0 saturated carbocycles. The summed E-state index contributed by atoms with van der Waals surface area (Å²) in [5.74, 6) is -1.43. The Bertz CT molecular complexity index is 1090. The number of hydrogen-bond donors (Lipinski definition) is 2. The highest BCUT2D eigenvalue weighted by atomic mass is 16.5. The maximum Gasteiger partial charge on any atom is 0.342 e. The Kier molecular flexibility index (Phi) is 6.26. The number of ether oxygens (including phenoxy) is 1. The summed E-state index contributed by atoms with van der Waals surface area (Å²) < 4.78 is 6.63. The SMILES string of the molecule is Cc1cccc(NC(=O)NC(=O)COC(=O)c2cnn(-c3ccccc3)c2C)c1C. The number of carbonyl (C=O) groups is 3. The van der Waals surface area contributed by atoms with Crippen molar-refractivity contribution in [3.05, 3.63) is 77.1 Å². The number of urea groups is 1. The van der Waals surface area contributed by atoms with E-state index in [0.717, 1.165) is 16.8 Å². The van der Waals surface area contributed by atoms with E-state index in [1.807, 2.05) is 50.2 Å². The number of benzene rings is 2. The molecule has 0 aliphatic heterocycles. The molecule has 0 aliphatic carbocycles. The number of aryl methyl sites for hydroxylation is 1. The Hall–Kier alpha value is -3.94. The number of para-hydroxylation sites is 1. The fourth-order valence-corrected chi connectivity index (χ4v) is 2.85. The number of aromatic nitrogens is 2. The van der Waals surface area contributed by atoms with Gasteiger partial charge in [0, 0.05) is 5.69 Å². The highest BCUT2D eigenvalue weighted by Gasteiger charge is 2.18. The van der Waals surface area contributed by atoms with Crippen LogP contribution in [0.4, 0.5) is 10.5 Å². The first-order chi connectivity index (χ1) is 14.4. The van der Waals surface area contributed by atoms with Gasteiger partial charge in [-0.25, -0.2) is 14.3 Å². The smallest absolute Gasteiger partial charge is 0.342 e. The molecule has 0 saturated heterocycles. The molecule has 0 spiro atoms. The summed E-state index contributed by atoms with van der Waals surface area (Å²) in [5.41, 5.74) is 4.14. The zero-order valence-corrected chi connectivity index (χ0v) is 16.9. The molecule has 3 amide bonds. The van der Waals surface area contributed by atoms with Gasteiger partial charge < -0.3 is 10.1 Å². The van der Waals surface area contributed by atoms with Crippen molar-refractivity contribution < 1.29 is 19.1 Å². The molecule has 0 bridgehead atoms. The van der Waals surface area contributed by atoms with E-state index in [-0.39, 0.29) is 5.56 Å². The minimum atomic E-state index is -0.737. The van der Waals surface area contributed by atoms with E-state index >= 15 is 0 Å². The molecule has 0 radical (unpaired) electrons. The number of carbonyl (C=O) groups excluding carboxylic acids is 3. The molecule has 2 aromatic carbocycles. The van der Waals surface area contributed by atoms with Crippen molar-refractivity contribution in [2.45, 2.75) is 20.8 Å². The first-order valence-corrected chi connectivity index (χ1v) is 9.31. The van der Waals surface area contributed by atoms with E-state index in [1.165, 1.54) is 6.20 Å². The first-order valence-electron chi connectivity index (χ1n) is 9.31. The van der Waals surface area contributed by atoms with Gasteiger partial charge in [0.2, 0.25) is 0 Å². The predicted molar refractivity (Wildman–Crippen MR) is 112 cm³/mol. The van der Waals surface area contributed by atoms with Crippen LogP contribution in [0.1, 0.15) is 27.2 Å². The third kappa shape index (κ3) is 4.72. The lowest BCUT2D eigenvalue weighted by molar-refractivity contribution is -0.123. The quantitative estimate of drug-likeness (QED) is 0.633. The van der Waals surface area contributed by atoms with Crippen molar-refractivity contribution >= 4 is 23.6 Å². The fourth-order valence-electron chi connectivity index (χ4n) is 2.85. The summed E-state index contributed by atoms with van der Waals surface area (Å²) in [6.07, 6.45) is 1.38. The summed E-state index contributed by atoms with van der Waals surface area (Å²) in [4.78, 5) is 36.3. The van der Waals surface area contributed by atoms with Crippen molar-refractivity contribution in [1.29, 1.82) is 0 Å². The number of amides is 3. The molecular weight excluding hydrogens is 384 g/mol. The maximum absolute atomic E-state index is 12.3. The number of hydrogen-bond acceptors (Lipinski definition) is 5. The standard InChI is InChI=1S/C22H22N4O4/c1-14-8-7-11-19(15(14)2)24-22(29)25-20(27)13-30-21(28)18-12-23-26(16(18)3)17-9-5-4-6-10-17/h4-12H,13H2,1-3H3,(H2,24,25,27,29). The lowest BCUT2D eigenvalue weighted by Crippen LogP contribution is -2.37. The third-order valence-corrected chi connectivity index (χ3v) is 4.67. The van der Waals surface area contributed by atoms with Gasteiger partial charge in [0.15, 0.2) is 6.61 Å². The Morgan fingerprint density at radius 3 is 2.47 bits per heavy atom. The van der Waals surface area contributed by atoms with E-state index in [4.69, 9.17) is 4.74 Å². The first kappa shape index (κ1) is 20.8. The number of rotatable bonds is 5. The van der Waals surface area contributed by atoms with Crippen LogP contribution >= 0.6 is 0 Å². The summed E-state index contributed by atoms with van der Waals surface area (Å²) in [6.45, 7) is 4.93. The van der Waals surface area contributed by atoms with Gasteiger partial charge in [0.25, 0.3) is 5.91 Å². The predicted octanol–water partition coefficient (Wildman–Crippen LogP) is 3.30. The third-order valence-electron chi connectivity index (χ3n) is 4.67. The van der Waals surface area contributed by atoms with Crippen LogP contribution in [-0.2, 0) is 9.53 Å². The van der Waals surface area contributed by atoms with E-state index in [9.17, 15) is 14.4 Å². The van der Waals surface area contributed by atoms with Crippen LogP contribution in [0.25, 0.3) is 5.69 Å². The van der Waals surface area contributed by atoms with E-state index in [0.29, 0.717) is 11.4 Å².